The molecule has 2 nitrogen and oxygen atoms in total. The van der Waals surface area contributed by atoms with Crippen LogP contribution in [-0.4, -0.2) is 6.61 Å². The minimum atomic E-state index is -1.83. The number of hydrogen-bond acceptors (Lipinski definition) is 2. The Kier molecular flexibility index (Phi) is 4.86. The fourth-order valence-electron chi connectivity index (χ4n) is 1.59. The predicted molar refractivity (Wildman–Crippen MR) is 77.7 cm³/mol. The van der Waals surface area contributed by atoms with Crippen LogP contribution in [0.15, 0.2) is 54.6 Å². The normalized spacial score (nSPS) is 10.5. The molecule has 0 heterocycles. The molecule has 2 aromatic rings. The summed E-state index contributed by atoms with van der Waals surface area (Å²) in [5.74, 6) is 6.12. The van der Waals surface area contributed by atoms with Crippen molar-refractivity contribution in [3.63, 3.8) is 0 Å². The van der Waals surface area contributed by atoms with Crippen LogP contribution in [0.5, 0.6) is 0 Å². The Morgan fingerprint density at radius 1 is 1.00 bits per heavy atom. The zero-order valence-corrected chi connectivity index (χ0v) is 11.6. The van der Waals surface area contributed by atoms with Gasteiger partial charge in [-0.3, -0.25) is 0 Å². The van der Waals surface area contributed by atoms with Gasteiger partial charge in [0.05, 0.1) is 5.56 Å². The van der Waals surface area contributed by atoms with E-state index in [4.69, 9.17) is 4.52 Å². The van der Waals surface area contributed by atoms with E-state index in [-0.39, 0.29) is 0 Å². The van der Waals surface area contributed by atoms with Gasteiger partial charge in [0.15, 0.2) is 0 Å². The van der Waals surface area contributed by atoms with Gasteiger partial charge in [0, 0.05) is 5.56 Å². The molecule has 0 aliphatic heterocycles. The lowest BCUT2D eigenvalue weighted by Crippen LogP contribution is -2.03. The first-order chi connectivity index (χ1) is 9.31. The van der Waals surface area contributed by atoms with Crippen molar-refractivity contribution in [3.8, 4) is 11.8 Å². The van der Waals surface area contributed by atoms with Crippen LogP contribution in [0.25, 0.3) is 0 Å². The van der Waals surface area contributed by atoms with Crippen molar-refractivity contribution >= 4 is 13.3 Å². The molecule has 1 unspecified atom stereocenters. The lowest BCUT2D eigenvalue weighted by molar-refractivity contribution is 0.357. The molecule has 0 saturated heterocycles. The second kappa shape index (κ2) is 6.85. The topological polar surface area (TPSA) is 26.3 Å². The van der Waals surface area contributed by atoms with Gasteiger partial charge in [-0.1, -0.05) is 42.2 Å². The largest absolute Gasteiger partial charge is 0.550 e. The van der Waals surface area contributed by atoms with E-state index in [2.05, 4.69) is 11.8 Å². The molecule has 2 rings (SSSR count). The minimum Gasteiger partial charge on any atom is -0.142 e. The number of benzene rings is 2. The van der Waals surface area contributed by atoms with E-state index in [9.17, 15) is 4.57 Å². The highest BCUT2D eigenvalue weighted by atomic mass is 31.1. The van der Waals surface area contributed by atoms with Crippen LogP contribution in [0.1, 0.15) is 18.1 Å². The standard InChI is InChI=1S/C16H14O2P/c1-2-18-19(17)16-11-7-6-10-15(16)13-12-14-8-4-3-5-9-14/h3-11H,2H2,1H3/q+1. The van der Waals surface area contributed by atoms with Gasteiger partial charge in [0.2, 0.25) is 5.30 Å². The molecule has 0 radical (unpaired) electrons. The summed E-state index contributed by atoms with van der Waals surface area (Å²) in [4.78, 5) is 0. The first-order valence-corrected chi connectivity index (χ1v) is 7.25. The average molecular weight is 269 g/mol. The highest BCUT2D eigenvalue weighted by Crippen LogP contribution is 2.22. The van der Waals surface area contributed by atoms with Gasteiger partial charge in [0.25, 0.3) is 0 Å². The monoisotopic (exact) mass is 269 g/mol. The molecular weight excluding hydrogens is 255 g/mol. The van der Waals surface area contributed by atoms with Crippen LogP contribution in [0.3, 0.4) is 0 Å². The third kappa shape index (κ3) is 3.76. The molecule has 0 amide bonds. The fraction of sp³-hybridized carbons (Fsp3) is 0.125. The zero-order valence-electron chi connectivity index (χ0n) is 10.7. The maximum atomic E-state index is 11.9. The molecule has 0 N–H and O–H groups in total. The van der Waals surface area contributed by atoms with Gasteiger partial charge in [-0.25, -0.2) is 0 Å². The van der Waals surface area contributed by atoms with Crippen LogP contribution in [-0.2, 0) is 9.09 Å². The Bertz CT molecular complexity index is 624. The highest BCUT2D eigenvalue weighted by molar-refractivity contribution is 7.48. The summed E-state index contributed by atoms with van der Waals surface area (Å²) in [6, 6.07) is 17.1. The fourth-order valence-corrected chi connectivity index (χ4v) is 2.49. The van der Waals surface area contributed by atoms with Crippen LogP contribution >= 0.6 is 8.03 Å². The average Bonchev–Trinajstić information content (AvgIpc) is 2.47. The Labute approximate surface area is 114 Å². The molecule has 0 bridgehead atoms. The second-order valence-corrected chi connectivity index (χ2v) is 5.06. The van der Waals surface area contributed by atoms with Crippen LogP contribution < -0.4 is 5.30 Å². The first kappa shape index (κ1) is 13.5. The van der Waals surface area contributed by atoms with Gasteiger partial charge >= 0.3 is 8.03 Å². The third-order valence-electron chi connectivity index (χ3n) is 2.46. The van der Waals surface area contributed by atoms with Gasteiger partial charge in [-0.05, 0) is 35.8 Å². The Hall–Kier alpha value is -1.94. The van der Waals surface area contributed by atoms with Gasteiger partial charge in [-0.15, -0.1) is 4.52 Å². The van der Waals surface area contributed by atoms with E-state index in [0.717, 1.165) is 11.1 Å². The Balaban J connectivity index is 2.31. The summed E-state index contributed by atoms with van der Waals surface area (Å²) < 4.78 is 17.1. The van der Waals surface area contributed by atoms with E-state index in [1.165, 1.54) is 0 Å². The summed E-state index contributed by atoms with van der Waals surface area (Å²) in [6.07, 6.45) is 0. The quantitative estimate of drug-likeness (QED) is 0.629. The molecule has 0 spiro atoms. The molecule has 19 heavy (non-hydrogen) atoms. The van der Waals surface area contributed by atoms with Crippen LogP contribution in [0, 0.1) is 11.8 Å². The smallest absolute Gasteiger partial charge is 0.142 e. The van der Waals surface area contributed by atoms with Crippen LogP contribution in [0.2, 0.25) is 0 Å². The molecule has 2 aromatic carbocycles. The van der Waals surface area contributed by atoms with Crippen molar-refractivity contribution in [2.75, 3.05) is 6.61 Å². The third-order valence-corrected chi connectivity index (χ3v) is 3.74. The van der Waals surface area contributed by atoms with E-state index >= 15 is 0 Å². The molecule has 1 atom stereocenters. The summed E-state index contributed by atoms with van der Waals surface area (Å²) in [5.41, 5.74) is 1.69. The predicted octanol–water partition coefficient (Wildman–Crippen LogP) is 3.49. The van der Waals surface area contributed by atoms with E-state index in [1.54, 1.807) is 6.07 Å². The van der Waals surface area contributed by atoms with Crippen molar-refractivity contribution in [3.05, 3.63) is 65.7 Å². The first-order valence-electron chi connectivity index (χ1n) is 6.07. The van der Waals surface area contributed by atoms with Gasteiger partial charge in [-0.2, -0.15) is 0 Å². The molecular formula is C16H14O2P+. The summed E-state index contributed by atoms with van der Waals surface area (Å²) >= 11 is 0. The lowest BCUT2D eigenvalue weighted by atomic mass is 10.2. The minimum absolute atomic E-state index is 0.426. The molecule has 94 valence electrons. The Morgan fingerprint density at radius 2 is 1.68 bits per heavy atom. The van der Waals surface area contributed by atoms with E-state index in [1.807, 2.05) is 55.5 Å². The molecule has 0 fully saturated rings. The number of rotatable bonds is 3. The SMILES string of the molecule is CCO[P+](=O)c1ccccc1C#Cc1ccccc1. The van der Waals surface area contributed by atoms with Crippen molar-refractivity contribution < 1.29 is 9.09 Å². The molecule has 3 heteroatoms. The molecule has 0 aliphatic rings. The number of hydrogen-bond donors (Lipinski definition) is 0. The van der Waals surface area contributed by atoms with Gasteiger partial charge in [0.1, 0.15) is 6.61 Å². The van der Waals surface area contributed by atoms with Crippen molar-refractivity contribution in [2.45, 2.75) is 6.92 Å². The van der Waals surface area contributed by atoms with Crippen molar-refractivity contribution in [1.82, 2.24) is 0 Å². The van der Waals surface area contributed by atoms with Crippen LogP contribution in [0.4, 0.5) is 0 Å². The summed E-state index contributed by atoms with van der Waals surface area (Å²) in [6.45, 7) is 2.25. The lowest BCUT2D eigenvalue weighted by Gasteiger charge is -1.92. The van der Waals surface area contributed by atoms with Crippen molar-refractivity contribution in [2.24, 2.45) is 0 Å². The maximum absolute atomic E-state index is 11.9. The van der Waals surface area contributed by atoms with Crippen molar-refractivity contribution in [1.29, 1.82) is 0 Å². The zero-order chi connectivity index (χ0) is 13.5. The molecule has 0 aromatic heterocycles. The highest BCUT2D eigenvalue weighted by Gasteiger charge is 2.24. The Morgan fingerprint density at radius 3 is 2.42 bits per heavy atom. The van der Waals surface area contributed by atoms with E-state index in [0.29, 0.717) is 11.9 Å². The maximum Gasteiger partial charge on any atom is 0.550 e. The summed E-state index contributed by atoms with van der Waals surface area (Å²) in [7, 11) is -1.83. The van der Waals surface area contributed by atoms with Gasteiger partial charge < -0.3 is 0 Å². The molecule has 0 aliphatic carbocycles. The van der Waals surface area contributed by atoms with E-state index < -0.39 is 8.03 Å². The molecule has 0 saturated carbocycles. The second-order valence-electron chi connectivity index (χ2n) is 3.81. The summed E-state index contributed by atoms with van der Waals surface area (Å²) in [5, 5.41) is 0.655.